The zero-order chi connectivity index (χ0) is 16.6. The van der Waals surface area contributed by atoms with Crippen LogP contribution in [0.5, 0.6) is 0 Å². The van der Waals surface area contributed by atoms with Crippen LogP contribution in [0, 0.1) is 5.41 Å². The number of nitrogens with two attached hydrogens (primary N) is 1. The highest BCUT2D eigenvalue weighted by Gasteiger charge is 2.40. The number of aromatic nitrogens is 2. The van der Waals surface area contributed by atoms with Gasteiger partial charge in [-0.2, -0.15) is 10.2 Å². The first-order valence-corrected chi connectivity index (χ1v) is 7.61. The maximum absolute atomic E-state index is 12.8. The zero-order valence-corrected chi connectivity index (χ0v) is 13.7. The third-order valence-electron chi connectivity index (χ3n) is 3.86. The second-order valence-electron chi connectivity index (χ2n) is 6.08. The molecule has 0 radical (unpaired) electrons. The second-order valence-corrected chi connectivity index (χ2v) is 6.52. The highest BCUT2D eigenvalue weighted by atomic mass is 32.1. The van der Waals surface area contributed by atoms with Crippen molar-refractivity contribution in [2.45, 2.75) is 20.3 Å². The van der Waals surface area contributed by atoms with Crippen molar-refractivity contribution in [2.75, 3.05) is 0 Å². The van der Waals surface area contributed by atoms with E-state index in [4.69, 9.17) is 18.0 Å². The van der Waals surface area contributed by atoms with E-state index in [0.717, 1.165) is 11.4 Å². The van der Waals surface area contributed by atoms with Gasteiger partial charge >= 0.3 is 0 Å². The fraction of sp³-hybridized carbons (Fsp3) is 0.250. The third kappa shape index (κ3) is 2.75. The van der Waals surface area contributed by atoms with Crippen LogP contribution in [0.15, 0.2) is 41.6 Å². The van der Waals surface area contributed by atoms with E-state index in [2.05, 4.69) is 15.6 Å². The molecule has 118 valence electrons. The van der Waals surface area contributed by atoms with E-state index in [1.165, 1.54) is 0 Å². The quantitative estimate of drug-likeness (QED) is 0.649. The van der Waals surface area contributed by atoms with E-state index in [0.29, 0.717) is 17.7 Å². The van der Waals surface area contributed by atoms with Gasteiger partial charge in [0.1, 0.15) is 5.71 Å². The lowest BCUT2D eigenvalue weighted by atomic mass is 9.74. The Hall–Kier alpha value is -2.54. The second kappa shape index (κ2) is 5.58. The van der Waals surface area contributed by atoms with Crippen LogP contribution in [-0.4, -0.2) is 26.4 Å². The lowest BCUT2D eigenvalue weighted by molar-refractivity contribution is 0.104. The summed E-state index contributed by atoms with van der Waals surface area (Å²) >= 11 is 4.76. The lowest BCUT2D eigenvalue weighted by Crippen LogP contribution is -2.41. The fourth-order valence-electron chi connectivity index (χ4n) is 2.78. The molecule has 2 aromatic rings. The zero-order valence-electron chi connectivity index (χ0n) is 12.9. The molecule has 1 aromatic carbocycles. The number of nitrogens with one attached hydrogen (secondary N) is 1. The third-order valence-corrected chi connectivity index (χ3v) is 3.95. The number of benzene rings is 1. The Bertz CT molecular complexity index is 807. The number of hydrazone groups is 1. The average molecular weight is 327 g/mol. The van der Waals surface area contributed by atoms with E-state index < -0.39 is 5.41 Å². The molecule has 0 saturated carbocycles. The number of nitrogens with zero attached hydrogens (tertiary/aromatic N) is 3. The summed E-state index contributed by atoms with van der Waals surface area (Å²) in [6.07, 6.45) is 2.23. The monoisotopic (exact) mass is 327 g/mol. The molecule has 0 fully saturated rings. The molecule has 1 aromatic heterocycles. The van der Waals surface area contributed by atoms with E-state index in [9.17, 15) is 4.79 Å². The largest absolute Gasteiger partial charge is 0.375 e. The molecular formula is C16H17N5OS. The molecule has 0 bridgehead atoms. The number of fused-ring (bicyclic) bond motifs is 1. The molecule has 0 atom stereocenters. The van der Waals surface area contributed by atoms with Gasteiger partial charge in [-0.25, -0.2) is 4.68 Å². The van der Waals surface area contributed by atoms with Crippen LogP contribution < -0.4 is 11.2 Å². The van der Waals surface area contributed by atoms with E-state index in [1.54, 1.807) is 6.20 Å². The van der Waals surface area contributed by atoms with Gasteiger partial charge in [0.25, 0.3) is 0 Å². The summed E-state index contributed by atoms with van der Waals surface area (Å²) in [5.74, 6) is -0.151. The first-order chi connectivity index (χ1) is 10.9. The van der Waals surface area contributed by atoms with Crippen LogP contribution in [0.1, 0.15) is 29.9 Å². The van der Waals surface area contributed by atoms with Gasteiger partial charge in [-0.1, -0.05) is 32.0 Å². The Balaban J connectivity index is 2.07. The number of para-hydroxylation sites is 1. The normalized spacial score (nSPS) is 17.8. The van der Waals surface area contributed by atoms with Gasteiger partial charge in [0.05, 0.1) is 23.1 Å². The Labute approximate surface area is 139 Å². The summed E-state index contributed by atoms with van der Waals surface area (Å²) in [5.41, 5.74) is 10.3. The summed E-state index contributed by atoms with van der Waals surface area (Å²) in [4.78, 5) is 12.8. The van der Waals surface area contributed by atoms with Crippen molar-refractivity contribution in [2.24, 2.45) is 16.3 Å². The van der Waals surface area contributed by atoms with Gasteiger partial charge in [0.2, 0.25) is 5.78 Å². The van der Waals surface area contributed by atoms with Crippen molar-refractivity contribution in [3.63, 3.8) is 0 Å². The molecule has 0 unspecified atom stereocenters. The van der Waals surface area contributed by atoms with E-state index in [-0.39, 0.29) is 10.9 Å². The maximum atomic E-state index is 12.8. The van der Waals surface area contributed by atoms with Crippen LogP contribution in [0.2, 0.25) is 0 Å². The number of thiocarbonyl (C=S) groups is 1. The van der Waals surface area contributed by atoms with Gasteiger partial charge in [-0.3, -0.25) is 10.2 Å². The Morgan fingerprint density at radius 3 is 2.74 bits per heavy atom. The van der Waals surface area contributed by atoms with Gasteiger partial charge in [0.15, 0.2) is 5.11 Å². The minimum atomic E-state index is -0.450. The highest BCUT2D eigenvalue weighted by molar-refractivity contribution is 7.80. The number of rotatable bonds is 2. The molecule has 0 saturated heterocycles. The first kappa shape index (κ1) is 15.4. The molecule has 0 spiro atoms. The van der Waals surface area contributed by atoms with Crippen molar-refractivity contribution >= 4 is 28.8 Å². The Morgan fingerprint density at radius 2 is 2.09 bits per heavy atom. The predicted octanol–water partition coefficient (Wildman–Crippen LogP) is 1.83. The summed E-state index contributed by atoms with van der Waals surface area (Å²) in [6, 6.07) is 9.75. The van der Waals surface area contributed by atoms with Crippen LogP contribution in [0.25, 0.3) is 5.69 Å². The number of ketones is 1. The van der Waals surface area contributed by atoms with Gasteiger partial charge in [-0.05, 0) is 24.4 Å². The lowest BCUT2D eigenvalue weighted by Gasteiger charge is -2.30. The predicted molar refractivity (Wildman–Crippen MR) is 92.7 cm³/mol. The Morgan fingerprint density at radius 1 is 1.39 bits per heavy atom. The van der Waals surface area contributed by atoms with Gasteiger partial charge in [0, 0.05) is 11.8 Å². The van der Waals surface area contributed by atoms with Crippen LogP contribution >= 0.6 is 12.2 Å². The summed E-state index contributed by atoms with van der Waals surface area (Å²) in [7, 11) is 0. The average Bonchev–Trinajstić information content (AvgIpc) is 2.90. The summed E-state index contributed by atoms with van der Waals surface area (Å²) < 4.78 is 1.81. The minimum Gasteiger partial charge on any atom is -0.375 e. The van der Waals surface area contributed by atoms with Crippen molar-refractivity contribution in [3.8, 4) is 5.69 Å². The number of carbonyl (C=O) groups is 1. The number of hydrogen-bond acceptors (Lipinski definition) is 4. The van der Waals surface area contributed by atoms with Crippen molar-refractivity contribution in [3.05, 3.63) is 47.8 Å². The van der Waals surface area contributed by atoms with Crippen LogP contribution in [0.4, 0.5) is 0 Å². The van der Waals surface area contributed by atoms with Crippen molar-refractivity contribution in [1.29, 1.82) is 0 Å². The molecule has 6 nitrogen and oxygen atoms in total. The SMILES string of the molecule is CC1(C)Cc2c(cnn2-c2ccccc2)C(=O)/C1=N/NC(N)=S. The molecule has 1 aliphatic carbocycles. The topological polar surface area (TPSA) is 85.3 Å². The molecule has 1 heterocycles. The van der Waals surface area contributed by atoms with Crippen LogP contribution in [-0.2, 0) is 6.42 Å². The summed E-state index contributed by atoms with van der Waals surface area (Å²) in [6.45, 7) is 3.94. The van der Waals surface area contributed by atoms with Crippen molar-refractivity contribution < 1.29 is 4.79 Å². The van der Waals surface area contributed by atoms with Gasteiger partial charge < -0.3 is 5.73 Å². The van der Waals surface area contributed by atoms with E-state index in [1.807, 2.05) is 48.9 Å². The summed E-state index contributed by atoms with van der Waals surface area (Å²) in [5, 5.41) is 8.53. The number of carbonyl (C=O) groups excluding carboxylic acids is 1. The number of Topliss-reactive ketones (excluding diaryl/α,β-unsaturated/α-hetero) is 1. The molecule has 7 heteroatoms. The Kier molecular flexibility index (Phi) is 3.73. The fourth-order valence-corrected chi connectivity index (χ4v) is 2.82. The first-order valence-electron chi connectivity index (χ1n) is 7.21. The number of hydrogen-bond donors (Lipinski definition) is 2. The van der Waals surface area contributed by atoms with Crippen LogP contribution in [0.3, 0.4) is 0 Å². The standard InChI is InChI=1S/C16H17N5OS/c1-16(2)8-12-11(13(22)14(16)19-20-15(17)23)9-18-21(12)10-6-4-3-5-7-10/h3-7,9H,8H2,1-2H3,(H3,17,20,23)/b19-14-. The maximum Gasteiger partial charge on any atom is 0.213 e. The molecule has 0 aliphatic heterocycles. The smallest absolute Gasteiger partial charge is 0.213 e. The molecule has 3 N–H and O–H groups in total. The molecule has 3 rings (SSSR count). The van der Waals surface area contributed by atoms with E-state index >= 15 is 0 Å². The molecule has 23 heavy (non-hydrogen) atoms. The molecule has 0 amide bonds. The van der Waals surface area contributed by atoms with Crippen molar-refractivity contribution in [1.82, 2.24) is 15.2 Å². The minimum absolute atomic E-state index is 0.0341. The van der Waals surface area contributed by atoms with Gasteiger partial charge in [-0.15, -0.1) is 0 Å². The molecular weight excluding hydrogens is 310 g/mol. The molecule has 1 aliphatic rings. The highest BCUT2D eigenvalue weighted by Crippen LogP contribution is 2.33.